The van der Waals surface area contributed by atoms with Crippen molar-refractivity contribution in [1.82, 2.24) is 4.72 Å². The quantitative estimate of drug-likeness (QED) is 0.842. The fourth-order valence-electron chi connectivity index (χ4n) is 3.00. The van der Waals surface area contributed by atoms with Gasteiger partial charge in [-0.2, -0.15) is 0 Å². The van der Waals surface area contributed by atoms with E-state index in [4.69, 9.17) is 5.11 Å². The van der Waals surface area contributed by atoms with Gasteiger partial charge >= 0.3 is 5.97 Å². The first-order chi connectivity index (χ1) is 10.4. The minimum atomic E-state index is -3.55. The first-order valence-corrected chi connectivity index (χ1v) is 9.17. The van der Waals surface area contributed by atoms with Crippen molar-refractivity contribution in [1.29, 1.82) is 0 Å². The molecule has 0 saturated heterocycles. The van der Waals surface area contributed by atoms with Gasteiger partial charge in [-0.1, -0.05) is 30.5 Å². The summed E-state index contributed by atoms with van der Waals surface area (Å²) >= 11 is 0. The molecule has 1 aliphatic carbocycles. The van der Waals surface area contributed by atoms with Gasteiger partial charge in [-0.05, 0) is 44.2 Å². The molecule has 2 N–H and O–H groups in total. The molecule has 22 heavy (non-hydrogen) atoms. The Kier molecular flexibility index (Phi) is 5.58. The van der Waals surface area contributed by atoms with Crippen molar-refractivity contribution < 1.29 is 18.3 Å². The van der Waals surface area contributed by atoms with Crippen LogP contribution in [0.25, 0.3) is 0 Å². The lowest BCUT2D eigenvalue weighted by molar-refractivity contribution is -0.137. The van der Waals surface area contributed by atoms with Crippen LogP contribution in [0.3, 0.4) is 0 Å². The lowest BCUT2D eigenvalue weighted by Crippen LogP contribution is -2.42. The summed E-state index contributed by atoms with van der Waals surface area (Å²) in [6.45, 7) is 1.91. The third-order valence-corrected chi connectivity index (χ3v) is 5.78. The minimum Gasteiger partial charge on any atom is -0.481 e. The molecule has 1 fully saturated rings. The number of benzene rings is 1. The largest absolute Gasteiger partial charge is 0.481 e. The van der Waals surface area contributed by atoms with E-state index in [0.717, 1.165) is 31.2 Å². The second-order valence-corrected chi connectivity index (χ2v) is 7.73. The molecule has 1 saturated carbocycles. The molecule has 0 unspecified atom stereocenters. The predicted octanol–water partition coefficient (Wildman–Crippen LogP) is 2.70. The van der Waals surface area contributed by atoms with E-state index in [1.165, 1.54) is 0 Å². The van der Waals surface area contributed by atoms with E-state index in [9.17, 15) is 13.2 Å². The molecule has 1 aliphatic rings. The smallest absolute Gasteiger partial charge is 0.303 e. The number of aryl methyl sites for hydroxylation is 1. The predicted molar refractivity (Wildman–Crippen MR) is 84.1 cm³/mol. The van der Waals surface area contributed by atoms with Gasteiger partial charge in [0.15, 0.2) is 0 Å². The van der Waals surface area contributed by atoms with E-state index >= 15 is 0 Å². The number of carbonyl (C=O) groups is 1. The van der Waals surface area contributed by atoms with Crippen molar-refractivity contribution in [3.8, 4) is 0 Å². The van der Waals surface area contributed by atoms with Gasteiger partial charge in [0.2, 0.25) is 10.0 Å². The first-order valence-electron chi connectivity index (χ1n) is 7.69. The van der Waals surface area contributed by atoms with E-state index < -0.39 is 16.0 Å². The number of nitrogens with one attached hydrogen (secondary N) is 1. The van der Waals surface area contributed by atoms with E-state index in [2.05, 4.69) is 4.72 Å². The summed E-state index contributed by atoms with van der Waals surface area (Å²) in [5.74, 6) is -0.726. The molecule has 0 radical (unpaired) electrons. The molecule has 2 atom stereocenters. The molecule has 6 heteroatoms. The number of hydrogen-bond acceptors (Lipinski definition) is 3. The summed E-state index contributed by atoms with van der Waals surface area (Å²) in [7, 11) is -3.55. The molecule has 0 spiro atoms. The van der Waals surface area contributed by atoms with Crippen LogP contribution in [0.5, 0.6) is 0 Å². The van der Waals surface area contributed by atoms with E-state index in [1.54, 1.807) is 24.3 Å². The van der Waals surface area contributed by atoms with Gasteiger partial charge in [0.05, 0.1) is 4.90 Å². The average Bonchev–Trinajstić information content (AvgIpc) is 2.46. The van der Waals surface area contributed by atoms with Gasteiger partial charge in [-0.25, -0.2) is 13.1 Å². The van der Waals surface area contributed by atoms with Crippen molar-refractivity contribution in [2.45, 2.75) is 56.4 Å². The fourth-order valence-corrected chi connectivity index (χ4v) is 4.34. The zero-order valence-electron chi connectivity index (χ0n) is 12.8. The molecule has 5 nitrogen and oxygen atoms in total. The maximum atomic E-state index is 12.5. The molecule has 1 aromatic rings. The Morgan fingerprint density at radius 3 is 2.50 bits per heavy atom. The minimum absolute atomic E-state index is 0.0907. The maximum Gasteiger partial charge on any atom is 0.303 e. The van der Waals surface area contributed by atoms with Crippen LogP contribution in [-0.2, 0) is 14.8 Å². The highest BCUT2D eigenvalue weighted by molar-refractivity contribution is 7.89. The molecule has 0 amide bonds. The summed E-state index contributed by atoms with van der Waals surface area (Å²) in [5, 5.41) is 8.83. The first kappa shape index (κ1) is 17.0. The van der Waals surface area contributed by atoms with E-state index in [1.807, 2.05) is 6.92 Å². The number of carboxylic acids is 1. The van der Waals surface area contributed by atoms with Crippen molar-refractivity contribution in [3.63, 3.8) is 0 Å². The van der Waals surface area contributed by atoms with Crippen LogP contribution in [0.4, 0.5) is 0 Å². The van der Waals surface area contributed by atoms with Crippen molar-refractivity contribution in [3.05, 3.63) is 29.8 Å². The molecule has 0 heterocycles. The summed E-state index contributed by atoms with van der Waals surface area (Å²) < 4.78 is 27.7. The highest BCUT2D eigenvalue weighted by Crippen LogP contribution is 2.29. The molecule has 1 aromatic carbocycles. The molecular weight excluding hydrogens is 302 g/mol. The van der Waals surface area contributed by atoms with Gasteiger partial charge in [0.1, 0.15) is 0 Å². The van der Waals surface area contributed by atoms with Gasteiger partial charge < -0.3 is 5.11 Å². The van der Waals surface area contributed by atoms with Gasteiger partial charge in [-0.3, -0.25) is 4.79 Å². The fraction of sp³-hybridized carbons (Fsp3) is 0.562. The highest BCUT2D eigenvalue weighted by atomic mass is 32.2. The zero-order chi connectivity index (χ0) is 16.2. The van der Waals surface area contributed by atoms with E-state index in [0.29, 0.717) is 6.42 Å². The molecule has 2 rings (SSSR count). The normalized spacial score (nSPS) is 22.4. The summed E-state index contributed by atoms with van der Waals surface area (Å²) in [5.41, 5.74) is 1.01. The SMILES string of the molecule is Cc1ccc(S(=O)(=O)N[C@H]2CCCC[C@H]2CCC(=O)O)cc1. The monoisotopic (exact) mass is 325 g/mol. The highest BCUT2D eigenvalue weighted by Gasteiger charge is 2.29. The van der Waals surface area contributed by atoms with Crippen LogP contribution in [0, 0.1) is 12.8 Å². The third kappa shape index (κ3) is 4.55. The van der Waals surface area contributed by atoms with Crippen molar-refractivity contribution >= 4 is 16.0 Å². The van der Waals surface area contributed by atoms with Gasteiger partial charge in [-0.15, -0.1) is 0 Å². The Labute approximate surface area is 131 Å². The summed E-state index contributed by atoms with van der Waals surface area (Å²) in [6, 6.07) is 6.59. The number of carboxylic acid groups (broad SMARTS) is 1. The van der Waals surface area contributed by atoms with Gasteiger partial charge in [0.25, 0.3) is 0 Å². The second-order valence-electron chi connectivity index (χ2n) is 6.02. The standard InChI is InChI=1S/C16H23NO4S/c1-12-6-9-14(10-7-12)22(20,21)17-15-5-3-2-4-13(15)8-11-16(18)19/h6-7,9-10,13,15,17H,2-5,8,11H2,1H3,(H,18,19)/t13-,15-/m0/s1. The number of sulfonamides is 1. The number of aliphatic carboxylic acids is 1. The summed E-state index contributed by atoms with van der Waals surface area (Å²) in [4.78, 5) is 11.0. The Balaban J connectivity index is 2.08. The van der Waals surface area contributed by atoms with Gasteiger partial charge in [0, 0.05) is 12.5 Å². The average molecular weight is 325 g/mol. The zero-order valence-corrected chi connectivity index (χ0v) is 13.6. The van der Waals surface area contributed by atoms with Crippen LogP contribution in [-0.4, -0.2) is 25.5 Å². The Hall–Kier alpha value is -1.40. The van der Waals surface area contributed by atoms with Crippen LogP contribution in [0.1, 0.15) is 44.1 Å². The molecular formula is C16H23NO4S. The van der Waals surface area contributed by atoms with Crippen LogP contribution in [0.2, 0.25) is 0 Å². The molecule has 122 valence electrons. The van der Waals surface area contributed by atoms with Crippen LogP contribution >= 0.6 is 0 Å². The second kappa shape index (κ2) is 7.24. The Morgan fingerprint density at radius 1 is 1.23 bits per heavy atom. The van der Waals surface area contributed by atoms with Crippen LogP contribution in [0.15, 0.2) is 29.2 Å². The molecule has 0 aliphatic heterocycles. The molecule has 0 aromatic heterocycles. The number of rotatable bonds is 6. The topological polar surface area (TPSA) is 83.5 Å². The maximum absolute atomic E-state index is 12.5. The lowest BCUT2D eigenvalue weighted by atomic mass is 9.82. The molecule has 0 bridgehead atoms. The third-order valence-electron chi connectivity index (χ3n) is 4.28. The summed E-state index contributed by atoms with van der Waals surface area (Å²) in [6.07, 6.45) is 4.28. The lowest BCUT2D eigenvalue weighted by Gasteiger charge is -2.31. The van der Waals surface area contributed by atoms with Crippen molar-refractivity contribution in [2.24, 2.45) is 5.92 Å². The number of hydrogen-bond donors (Lipinski definition) is 2. The Bertz CT molecular complexity index is 610. The van der Waals surface area contributed by atoms with Crippen LogP contribution < -0.4 is 4.72 Å². The Morgan fingerprint density at radius 2 is 1.86 bits per heavy atom. The van der Waals surface area contributed by atoms with Crippen molar-refractivity contribution in [2.75, 3.05) is 0 Å². The van der Waals surface area contributed by atoms with E-state index in [-0.39, 0.29) is 23.3 Å².